The van der Waals surface area contributed by atoms with Crippen LogP contribution in [0.3, 0.4) is 0 Å². The van der Waals surface area contributed by atoms with Crippen molar-refractivity contribution in [2.45, 2.75) is 18.4 Å². The normalized spacial score (nSPS) is 13.2. The third kappa shape index (κ3) is 4.02. The zero-order valence-electron chi connectivity index (χ0n) is 13.2. The Morgan fingerprint density at radius 3 is 2.30 bits per heavy atom. The maximum absolute atomic E-state index is 11.4. The van der Waals surface area contributed by atoms with Crippen molar-refractivity contribution in [1.82, 2.24) is 0 Å². The molecule has 122 valence electrons. The molecule has 0 saturated heterocycles. The van der Waals surface area contributed by atoms with Crippen molar-refractivity contribution in [3.63, 3.8) is 0 Å². The molecule has 0 amide bonds. The maximum Gasteiger partial charge on any atom is 0.321 e. The van der Waals surface area contributed by atoms with Gasteiger partial charge < -0.3 is 20.3 Å². The predicted octanol–water partition coefficient (Wildman–Crippen LogP) is 2.44. The summed E-state index contributed by atoms with van der Waals surface area (Å²) in [5.74, 6) is -0.0955. The van der Waals surface area contributed by atoms with E-state index in [1.54, 1.807) is 14.2 Å². The molecule has 0 fully saturated rings. The van der Waals surface area contributed by atoms with Gasteiger partial charge in [-0.15, -0.1) is 0 Å². The van der Waals surface area contributed by atoms with E-state index in [0.717, 1.165) is 11.1 Å². The Labute approximate surface area is 135 Å². The van der Waals surface area contributed by atoms with Crippen LogP contribution in [0.2, 0.25) is 0 Å². The van der Waals surface area contributed by atoms with Gasteiger partial charge in [0.2, 0.25) is 0 Å². The van der Waals surface area contributed by atoms with Crippen LogP contribution in [0, 0.1) is 0 Å². The summed E-state index contributed by atoms with van der Waals surface area (Å²) < 4.78 is 10.5. The Kier molecular flexibility index (Phi) is 5.60. The first kappa shape index (κ1) is 16.8. The van der Waals surface area contributed by atoms with Crippen LogP contribution in [0.4, 0.5) is 0 Å². The number of methoxy groups -OCH3 is 2. The molecule has 2 rings (SSSR count). The lowest BCUT2D eigenvalue weighted by Crippen LogP contribution is -2.37. The second-order valence-corrected chi connectivity index (χ2v) is 5.27. The highest BCUT2D eigenvalue weighted by Crippen LogP contribution is 2.31. The predicted molar refractivity (Wildman–Crippen MR) is 88.0 cm³/mol. The number of nitrogens with two attached hydrogens (primary N) is 1. The van der Waals surface area contributed by atoms with E-state index in [2.05, 4.69) is 0 Å². The second kappa shape index (κ2) is 7.65. The van der Waals surface area contributed by atoms with Crippen LogP contribution in [0.1, 0.15) is 17.0 Å². The van der Waals surface area contributed by atoms with E-state index < -0.39 is 12.0 Å². The van der Waals surface area contributed by atoms with Gasteiger partial charge in [0.25, 0.3) is 0 Å². The summed E-state index contributed by atoms with van der Waals surface area (Å²) in [5, 5.41) is 9.30. The molecule has 5 heteroatoms. The number of hydrogen-bond donors (Lipinski definition) is 2. The Morgan fingerprint density at radius 2 is 1.74 bits per heavy atom. The van der Waals surface area contributed by atoms with E-state index in [4.69, 9.17) is 15.2 Å². The molecule has 1 unspecified atom stereocenters. The van der Waals surface area contributed by atoms with Crippen molar-refractivity contribution in [1.29, 1.82) is 0 Å². The van der Waals surface area contributed by atoms with Gasteiger partial charge in [-0.2, -0.15) is 0 Å². The van der Waals surface area contributed by atoms with E-state index >= 15 is 0 Å². The highest BCUT2D eigenvalue weighted by atomic mass is 16.5. The van der Waals surface area contributed by atoms with Crippen molar-refractivity contribution in [2.24, 2.45) is 5.73 Å². The zero-order valence-corrected chi connectivity index (χ0v) is 13.2. The molecule has 23 heavy (non-hydrogen) atoms. The number of carboxylic acid groups (broad SMARTS) is 1. The average molecular weight is 315 g/mol. The van der Waals surface area contributed by atoms with Crippen molar-refractivity contribution in [3.05, 3.63) is 59.7 Å². The van der Waals surface area contributed by atoms with Gasteiger partial charge in [-0.05, 0) is 29.7 Å². The van der Waals surface area contributed by atoms with Gasteiger partial charge in [-0.1, -0.05) is 36.4 Å². The minimum Gasteiger partial charge on any atom is -0.493 e. The Morgan fingerprint density at radius 1 is 1.09 bits per heavy atom. The van der Waals surface area contributed by atoms with Gasteiger partial charge in [0.1, 0.15) is 6.04 Å². The number of carbonyl (C=O) groups is 1. The van der Waals surface area contributed by atoms with Crippen LogP contribution in [0.5, 0.6) is 11.5 Å². The molecule has 0 aliphatic carbocycles. The van der Waals surface area contributed by atoms with Crippen molar-refractivity contribution in [3.8, 4) is 11.5 Å². The summed E-state index contributed by atoms with van der Waals surface area (Å²) in [7, 11) is 3.14. The van der Waals surface area contributed by atoms with Gasteiger partial charge in [-0.25, -0.2) is 0 Å². The molecule has 0 heterocycles. The second-order valence-electron chi connectivity index (χ2n) is 5.27. The fraction of sp³-hybridized carbons (Fsp3) is 0.278. The average Bonchev–Trinajstić information content (AvgIpc) is 2.59. The molecule has 2 atom stereocenters. The molecule has 0 saturated carbocycles. The lowest BCUT2D eigenvalue weighted by Gasteiger charge is -2.22. The summed E-state index contributed by atoms with van der Waals surface area (Å²) in [6, 6.07) is 14.0. The highest BCUT2D eigenvalue weighted by molar-refractivity contribution is 5.74. The first-order chi connectivity index (χ1) is 11.1. The quantitative estimate of drug-likeness (QED) is 0.820. The lowest BCUT2D eigenvalue weighted by atomic mass is 9.86. The van der Waals surface area contributed by atoms with Crippen molar-refractivity contribution < 1.29 is 19.4 Å². The van der Waals surface area contributed by atoms with Gasteiger partial charge in [0.15, 0.2) is 11.5 Å². The van der Waals surface area contributed by atoms with Gasteiger partial charge >= 0.3 is 5.97 Å². The Bertz CT molecular complexity index is 657. The zero-order chi connectivity index (χ0) is 16.8. The molecule has 5 nitrogen and oxygen atoms in total. The summed E-state index contributed by atoms with van der Waals surface area (Å²) >= 11 is 0. The highest BCUT2D eigenvalue weighted by Gasteiger charge is 2.26. The van der Waals surface area contributed by atoms with Crippen LogP contribution in [0.15, 0.2) is 48.5 Å². The topological polar surface area (TPSA) is 81.8 Å². The fourth-order valence-electron chi connectivity index (χ4n) is 2.59. The molecule has 0 spiro atoms. The van der Waals surface area contributed by atoms with Gasteiger partial charge in [-0.3, -0.25) is 4.79 Å². The first-order valence-electron chi connectivity index (χ1n) is 7.31. The maximum atomic E-state index is 11.4. The number of carboxylic acids is 1. The summed E-state index contributed by atoms with van der Waals surface area (Å²) in [5.41, 5.74) is 7.75. The van der Waals surface area contributed by atoms with Crippen LogP contribution in [0.25, 0.3) is 0 Å². The lowest BCUT2D eigenvalue weighted by molar-refractivity contribution is -0.139. The number of ether oxygens (including phenoxy) is 2. The summed E-state index contributed by atoms with van der Waals surface area (Å²) in [6.45, 7) is 0. The minimum absolute atomic E-state index is 0.327. The van der Waals surface area contributed by atoms with E-state index in [1.165, 1.54) is 0 Å². The number of rotatable bonds is 7. The standard InChI is InChI=1S/C18H21NO4/c1-22-15-9-8-12(11-16(15)23-2)10-14(17(19)18(20)21)13-6-4-3-5-7-13/h3-9,11,14,17H,10,19H2,1-2H3,(H,20,21)/t14?,17-/m1/s1. The number of aliphatic carboxylic acids is 1. The molecular formula is C18H21NO4. The van der Waals surface area contributed by atoms with E-state index in [0.29, 0.717) is 17.9 Å². The van der Waals surface area contributed by atoms with Crippen LogP contribution in [-0.4, -0.2) is 31.3 Å². The van der Waals surface area contributed by atoms with E-state index in [-0.39, 0.29) is 5.92 Å². The molecule has 3 N–H and O–H groups in total. The monoisotopic (exact) mass is 315 g/mol. The van der Waals surface area contributed by atoms with Crippen molar-refractivity contribution >= 4 is 5.97 Å². The summed E-state index contributed by atoms with van der Waals surface area (Å²) in [4.78, 5) is 11.4. The van der Waals surface area contributed by atoms with E-state index in [1.807, 2.05) is 48.5 Å². The summed E-state index contributed by atoms with van der Waals surface area (Å²) in [6.07, 6.45) is 0.498. The smallest absolute Gasteiger partial charge is 0.321 e. The van der Waals surface area contributed by atoms with Crippen LogP contribution in [-0.2, 0) is 11.2 Å². The molecule has 2 aromatic rings. The Hall–Kier alpha value is -2.53. The Balaban J connectivity index is 2.33. The number of hydrogen-bond acceptors (Lipinski definition) is 4. The molecule has 0 radical (unpaired) electrons. The molecule has 0 aliphatic heterocycles. The fourth-order valence-corrected chi connectivity index (χ4v) is 2.59. The molecule has 0 bridgehead atoms. The third-order valence-corrected chi connectivity index (χ3v) is 3.85. The van der Waals surface area contributed by atoms with Crippen LogP contribution >= 0.6 is 0 Å². The minimum atomic E-state index is -1.01. The molecule has 0 aliphatic rings. The SMILES string of the molecule is COc1ccc(CC(c2ccccc2)[C@@H](N)C(=O)O)cc1OC. The number of benzene rings is 2. The van der Waals surface area contributed by atoms with E-state index in [9.17, 15) is 9.90 Å². The third-order valence-electron chi connectivity index (χ3n) is 3.85. The molecular weight excluding hydrogens is 294 g/mol. The molecule has 2 aromatic carbocycles. The largest absolute Gasteiger partial charge is 0.493 e. The van der Waals surface area contributed by atoms with Gasteiger partial charge in [0, 0.05) is 5.92 Å². The van der Waals surface area contributed by atoms with Crippen LogP contribution < -0.4 is 15.2 Å². The first-order valence-corrected chi connectivity index (χ1v) is 7.31. The molecule has 0 aromatic heterocycles. The van der Waals surface area contributed by atoms with Gasteiger partial charge in [0.05, 0.1) is 14.2 Å². The van der Waals surface area contributed by atoms with Crippen molar-refractivity contribution in [2.75, 3.05) is 14.2 Å².